The number of rotatable bonds is 4. The Morgan fingerprint density at radius 1 is 1.25 bits per heavy atom. The molecule has 20 heavy (non-hydrogen) atoms. The number of hydrogen-bond acceptors (Lipinski definition) is 5. The molecule has 8 nitrogen and oxygen atoms in total. The lowest BCUT2D eigenvalue weighted by atomic mass is 10.4. The summed E-state index contributed by atoms with van der Waals surface area (Å²) in [7, 11) is -1.80. The fraction of sp³-hybridized carbons (Fsp3) is 0.818. The van der Waals surface area contributed by atoms with Crippen molar-refractivity contribution >= 4 is 10.2 Å². The molecule has 1 aromatic rings. The molecule has 0 atom stereocenters. The fourth-order valence-electron chi connectivity index (χ4n) is 2.68. The fourth-order valence-corrected chi connectivity index (χ4v) is 4.00. The van der Waals surface area contributed by atoms with Gasteiger partial charge in [-0.1, -0.05) is 0 Å². The summed E-state index contributed by atoms with van der Waals surface area (Å²) in [5.74, 6) is 1.70. The van der Waals surface area contributed by atoms with Crippen LogP contribution in [0.1, 0.15) is 18.1 Å². The molecule has 112 valence electrons. The summed E-state index contributed by atoms with van der Waals surface area (Å²) in [6.45, 7) is 3.61. The van der Waals surface area contributed by atoms with E-state index in [0.717, 1.165) is 31.0 Å². The number of nitrogens with zero attached hydrogens (tertiary/aromatic N) is 5. The summed E-state index contributed by atoms with van der Waals surface area (Å²) in [5, 5.41) is 11.4. The van der Waals surface area contributed by atoms with E-state index in [1.54, 1.807) is 7.05 Å². The summed E-state index contributed by atoms with van der Waals surface area (Å²) < 4.78 is 29.9. The highest BCUT2D eigenvalue weighted by Gasteiger charge is 2.29. The standard InChI is InChI=1S/C11H20N6O2S/c1-15(20(18,19)16-7-4-12-5-8-16)9-11-14-13-10-3-2-6-17(10)11/h12H,2-9H2,1H3. The van der Waals surface area contributed by atoms with Gasteiger partial charge in [0.25, 0.3) is 10.2 Å². The van der Waals surface area contributed by atoms with Gasteiger partial charge < -0.3 is 9.88 Å². The Balaban J connectivity index is 1.73. The van der Waals surface area contributed by atoms with E-state index in [-0.39, 0.29) is 6.54 Å². The van der Waals surface area contributed by atoms with E-state index in [9.17, 15) is 8.42 Å². The molecular weight excluding hydrogens is 280 g/mol. The zero-order chi connectivity index (χ0) is 14.2. The van der Waals surface area contributed by atoms with Gasteiger partial charge >= 0.3 is 0 Å². The second kappa shape index (κ2) is 5.40. The molecule has 9 heteroatoms. The predicted octanol–water partition coefficient (Wildman–Crippen LogP) is -1.19. The van der Waals surface area contributed by atoms with Crippen LogP contribution in [0.25, 0.3) is 0 Å². The van der Waals surface area contributed by atoms with Crippen LogP contribution in [0.2, 0.25) is 0 Å². The highest BCUT2D eigenvalue weighted by Crippen LogP contribution is 2.17. The zero-order valence-corrected chi connectivity index (χ0v) is 12.4. The second-order valence-corrected chi connectivity index (χ2v) is 7.24. The molecule has 1 fully saturated rings. The first-order valence-corrected chi connectivity index (χ1v) is 8.32. The molecule has 0 unspecified atom stereocenters. The van der Waals surface area contributed by atoms with Crippen LogP contribution >= 0.6 is 0 Å². The van der Waals surface area contributed by atoms with Crippen LogP contribution < -0.4 is 5.32 Å². The van der Waals surface area contributed by atoms with Crippen LogP contribution in [0.4, 0.5) is 0 Å². The Morgan fingerprint density at radius 3 is 2.75 bits per heavy atom. The molecule has 1 saturated heterocycles. The lowest BCUT2D eigenvalue weighted by molar-refractivity contribution is 0.321. The summed E-state index contributed by atoms with van der Waals surface area (Å²) >= 11 is 0. The first-order chi connectivity index (χ1) is 9.59. The van der Waals surface area contributed by atoms with Gasteiger partial charge in [0.05, 0.1) is 6.54 Å². The van der Waals surface area contributed by atoms with Gasteiger partial charge in [0.1, 0.15) is 11.6 Å². The minimum Gasteiger partial charge on any atom is -0.314 e. The van der Waals surface area contributed by atoms with Gasteiger partial charge in [-0.05, 0) is 6.42 Å². The van der Waals surface area contributed by atoms with Crippen LogP contribution in [0.5, 0.6) is 0 Å². The average Bonchev–Trinajstić information content (AvgIpc) is 3.04. The Bertz CT molecular complexity index is 578. The highest BCUT2D eigenvalue weighted by molar-refractivity contribution is 7.86. The molecule has 0 aromatic carbocycles. The SMILES string of the molecule is CN(Cc1nnc2n1CCC2)S(=O)(=O)N1CCNCC1. The Hall–Kier alpha value is -1.03. The third-order valence-corrected chi connectivity index (χ3v) is 5.78. The molecule has 2 aliphatic rings. The van der Waals surface area contributed by atoms with E-state index in [4.69, 9.17) is 0 Å². The maximum atomic E-state index is 12.5. The van der Waals surface area contributed by atoms with Crippen LogP contribution in [-0.4, -0.2) is 65.0 Å². The van der Waals surface area contributed by atoms with Crippen LogP contribution in [0.15, 0.2) is 0 Å². The number of aromatic nitrogens is 3. The molecule has 3 heterocycles. The normalized spacial score (nSPS) is 20.5. The largest absolute Gasteiger partial charge is 0.314 e. The quantitative estimate of drug-likeness (QED) is 0.756. The van der Waals surface area contributed by atoms with Crippen molar-refractivity contribution in [1.29, 1.82) is 0 Å². The smallest absolute Gasteiger partial charge is 0.282 e. The second-order valence-electron chi connectivity index (χ2n) is 5.20. The molecule has 1 N–H and O–H groups in total. The molecule has 0 saturated carbocycles. The van der Waals surface area contributed by atoms with Gasteiger partial charge in [-0.2, -0.15) is 17.0 Å². The van der Waals surface area contributed by atoms with Crippen molar-refractivity contribution in [3.63, 3.8) is 0 Å². The van der Waals surface area contributed by atoms with Gasteiger partial charge in [0.15, 0.2) is 0 Å². The topological polar surface area (TPSA) is 83.4 Å². The van der Waals surface area contributed by atoms with Crippen molar-refractivity contribution in [2.75, 3.05) is 33.2 Å². The van der Waals surface area contributed by atoms with Gasteiger partial charge in [-0.15, -0.1) is 10.2 Å². The van der Waals surface area contributed by atoms with Crippen LogP contribution in [0, 0.1) is 0 Å². The van der Waals surface area contributed by atoms with Gasteiger partial charge in [0, 0.05) is 46.2 Å². The summed E-state index contributed by atoms with van der Waals surface area (Å²) in [6.07, 6.45) is 1.99. The van der Waals surface area contributed by atoms with E-state index in [1.165, 1.54) is 8.61 Å². The molecule has 2 aliphatic heterocycles. The van der Waals surface area contributed by atoms with Crippen LogP contribution in [-0.2, 0) is 29.7 Å². The lowest BCUT2D eigenvalue weighted by Crippen LogP contribution is -2.50. The van der Waals surface area contributed by atoms with E-state index in [2.05, 4.69) is 15.5 Å². The summed E-state index contributed by atoms with van der Waals surface area (Å²) in [6, 6.07) is 0. The van der Waals surface area contributed by atoms with E-state index in [1.807, 2.05) is 4.57 Å². The summed E-state index contributed by atoms with van der Waals surface area (Å²) in [5.41, 5.74) is 0. The van der Waals surface area contributed by atoms with Crippen molar-refractivity contribution < 1.29 is 8.42 Å². The average molecular weight is 300 g/mol. The molecule has 3 rings (SSSR count). The first kappa shape index (κ1) is 13.9. The number of aryl methyl sites for hydroxylation is 1. The number of hydrogen-bond donors (Lipinski definition) is 1. The van der Waals surface area contributed by atoms with E-state index < -0.39 is 10.2 Å². The number of fused-ring (bicyclic) bond motifs is 1. The van der Waals surface area contributed by atoms with Crippen LogP contribution in [0.3, 0.4) is 0 Å². The maximum absolute atomic E-state index is 12.5. The Labute approximate surface area is 118 Å². The lowest BCUT2D eigenvalue weighted by Gasteiger charge is -2.30. The van der Waals surface area contributed by atoms with Crippen molar-refractivity contribution in [3.8, 4) is 0 Å². The van der Waals surface area contributed by atoms with E-state index in [0.29, 0.717) is 26.2 Å². The van der Waals surface area contributed by atoms with E-state index >= 15 is 0 Å². The number of piperazine rings is 1. The highest BCUT2D eigenvalue weighted by atomic mass is 32.2. The molecule has 0 radical (unpaired) electrons. The predicted molar refractivity (Wildman–Crippen MR) is 73.2 cm³/mol. The zero-order valence-electron chi connectivity index (χ0n) is 11.6. The summed E-state index contributed by atoms with van der Waals surface area (Å²) in [4.78, 5) is 0. The van der Waals surface area contributed by atoms with Crippen molar-refractivity contribution in [1.82, 2.24) is 28.7 Å². The third kappa shape index (κ3) is 2.46. The molecular formula is C11H20N6O2S. The molecule has 0 spiro atoms. The third-order valence-electron chi connectivity index (χ3n) is 3.85. The monoisotopic (exact) mass is 300 g/mol. The minimum atomic E-state index is -3.41. The Morgan fingerprint density at radius 2 is 2.00 bits per heavy atom. The minimum absolute atomic E-state index is 0.277. The van der Waals surface area contributed by atoms with Gasteiger partial charge in [-0.25, -0.2) is 0 Å². The van der Waals surface area contributed by atoms with Crippen molar-refractivity contribution in [2.24, 2.45) is 0 Å². The number of nitrogens with one attached hydrogen (secondary N) is 1. The molecule has 0 bridgehead atoms. The van der Waals surface area contributed by atoms with Crippen molar-refractivity contribution in [3.05, 3.63) is 11.6 Å². The van der Waals surface area contributed by atoms with Gasteiger partial charge in [0.2, 0.25) is 0 Å². The Kier molecular flexibility index (Phi) is 3.76. The maximum Gasteiger partial charge on any atom is 0.282 e. The van der Waals surface area contributed by atoms with Crippen molar-refractivity contribution in [2.45, 2.75) is 25.9 Å². The molecule has 0 amide bonds. The first-order valence-electron chi connectivity index (χ1n) is 6.92. The molecule has 0 aliphatic carbocycles. The molecule has 1 aromatic heterocycles. The van der Waals surface area contributed by atoms with Gasteiger partial charge in [-0.3, -0.25) is 0 Å².